The fraction of sp³-hybridized carbons (Fsp3) is 0.111. The van der Waals surface area contributed by atoms with Crippen LogP contribution in [0.2, 0.25) is 0 Å². The molecule has 0 radical (unpaired) electrons. The van der Waals surface area contributed by atoms with E-state index in [1.807, 2.05) is 0 Å². The summed E-state index contributed by atoms with van der Waals surface area (Å²) in [5.74, 6) is 0. The molecule has 2 aromatic carbocycles. The van der Waals surface area contributed by atoms with Gasteiger partial charge in [-0.25, -0.2) is 0 Å². The van der Waals surface area contributed by atoms with Gasteiger partial charge >= 0.3 is 135 Å². The normalized spacial score (nSPS) is 13.2. The van der Waals surface area contributed by atoms with E-state index in [-0.39, 0.29) is 0 Å². The van der Waals surface area contributed by atoms with Gasteiger partial charge in [0.15, 0.2) is 0 Å². The number of benzene rings is 2. The van der Waals surface area contributed by atoms with Crippen LogP contribution in [-0.4, -0.2) is 12.3 Å². The second-order valence-corrected chi connectivity index (χ2v) is 16.5. The molecule has 2 aromatic rings. The summed E-state index contributed by atoms with van der Waals surface area (Å²) in [5.41, 5.74) is 0. The molecule has 20 heavy (non-hydrogen) atoms. The van der Waals surface area contributed by atoms with Gasteiger partial charge in [0, 0.05) is 0 Å². The number of hydrogen-bond acceptors (Lipinski definition) is 0. The minimum atomic E-state index is -2.31. The molecule has 0 heterocycles. The van der Waals surface area contributed by atoms with Crippen LogP contribution in [0.25, 0.3) is 0 Å². The Kier molecular flexibility index (Phi) is 4.82. The van der Waals surface area contributed by atoms with Gasteiger partial charge in [0.2, 0.25) is 0 Å². The Labute approximate surface area is 135 Å². The van der Waals surface area contributed by atoms with Crippen LogP contribution < -0.4 is 10.6 Å². The van der Waals surface area contributed by atoms with Crippen molar-refractivity contribution in [2.24, 2.45) is 0 Å². The van der Waals surface area contributed by atoms with E-state index >= 15 is 0 Å². The molecule has 0 aliphatic carbocycles. The van der Waals surface area contributed by atoms with Crippen molar-refractivity contribution in [1.82, 2.24) is 0 Å². The van der Waals surface area contributed by atoms with Gasteiger partial charge in [0.25, 0.3) is 0 Å². The summed E-state index contributed by atoms with van der Waals surface area (Å²) in [6.07, 6.45) is 6.11. The first-order valence-electron chi connectivity index (χ1n) is 6.70. The van der Waals surface area contributed by atoms with Gasteiger partial charge in [0.05, 0.1) is 0 Å². The van der Waals surface area contributed by atoms with E-state index in [2.05, 4.69) is 108 Å². The van der Waals surface area contributed by atoms with Crippen molar-refractivity contribution >= 4 is 36.9 Å². The summed E-state index contributed by atoms with van der Waals surface area (Å²) in [6, 6.07) is 21.7. The van der Waals surface area contributed by atoms with Gasteiger partial charge in [-0.3, -0.25) is 0 Å². The molecule has 0 N–H and O–H groups in total. The Balaban J connectivity index is 2.76. The maximum atomic E-state index is 4.02. The quantitative estimate of drug-likeness (QED) is 0.371. The van der Waals surface area contributed by atoms with E-state index in [0.29, 0.717) is 0 Å². The number of rotatable bonds is 6. The van der Waals surface area contributed by atoms with Crippen molar-refractivity contribution in [2.45, 2.75) is 0 Å². The predicted octanol–water partition coefficient (Wildman–Crippen LogP) is 4.91. The molecule has 0 nitrogen and oxygen atoms in total. The first-order chi connectivity index (χ1) is 9.64. The van der Waals surface area contributed by atoms with Crippen LogP contribution in [0.4, 0.5) is 0 Å². The zero-order chi connectivity index (χ0) is 14.5. The molecule has 0 atom stereocenters. The van der Waals surface area contributed by atoms with Gasteiger partial charge in [0.1, 0.15) is 0 Å². The third kappa shape index (κ3) is 2.62. The average molecular weight is 394 g/mol. The molecular formula is C18H20IP. The zero-order valence-electron chi connectivity index (χ0n) is 11.6. The third-order valence-corrected chi connectivity index (χ3v) is 14.4. The predicted molar refractivity (Wildman–Crippen MR) is 103 cm³/mol. The van der Waals surface area contributed by atoms with Crippen LogP contribution >= 0.6 is 26.3 Å². The number of hydrogen-bond donors (Lipinski definition) is 0. The Morgan fingerprint density at radius 2 is 1.10 bits per heavy atom. The Bertz CT molecular complexity index is 536. The molecule has 2 rings (SSSR count). The summed E-state index contributed by atoms with van der Waals surface area (Å²) in [7, 11) is 0. The van der Waals surface area contributed by atoms with Gasteiger partial charge in [-0.1, -0.05) is 0 Å². The van der Waals surface area contributed by atoms with Crippen molar-refractivity contribution in [3.05, 3.63) is 86.0 Å². The Hall–Kier alpha value is -0.920. The van der Waals surface area contributed by atoms with Crippen LogP contribution in [-0.2, 0) is 0 Å². The SMILES string of the molecule is C=CCP(I)(CC=C)(c1ccccc1)c1ccccc1. The molecule has 0 amide bonds. The van der Waals surface area contributed by atoms with Gasteiger partial charge < -0.3 is 0 Å². The fourth-order valence-corrected chi connectivity index (χ4v) is 10.4. The van der Waals surface area contributed by atoms with Gasteiger partial charge in [-0.2, -0.15) is 0 Å². The standard InChI is InChI=1S/C18H20IP/c1-3-15-20(19,16-4-2,17-11-7-5-8-12-17)18-13-9-6-10-14-18/h3-14H,1-2,15-16H2. The first kappa shape index (κ1) is 15.5. The van der Waals surface area contributed by atoms with Crippen LogP contribution in [0, 0.1) is 0 Å². The van der Waals surface area contributed by atoms with Crippen molar-refractivity contribution in [3.8, 4) is 0 Å². The van der Waals surface area contributed by atoms with Gasteiger partial charge in [-0.05, 0) is 0 Å². The Morgan fingerprint density at radius 1 is 0.750 bits per heavy atom. The van der Waals surface area contributed by atoms with Crippen molar-refractivity contribution in [3.63, 3.8) is 0 Å². The van der Waals surface area contributed by atoms with Crippen LogP contribution in [0.15, 0.2) is 86.0 Å². The number of halogens is 1. The zero-order valence-corrected chi connectivity index (χ0v) is 14.6. The van der Waals surface area contributed by atoms with E-state index < -0.39 is 4.25 Å². The van der Waals surface area contributed by atoms with E-state index in [0.717, 1.165) is 12.3 Å². The summed E-state index contributed by atoms with van der Waals surface area (Å²) < 4.78 is -2.31. The monoisotopic (exact) mass is 394 g/mol. The molecule has 0 saturated carbocycles. The molecule has 0 spiro atoms. The molecule has 0 bridgehead atoms. The topological polar surface area (TPSA) is 0 Å². The van der Waals surface area contributed by atoms with E-state index in [1.54, 1.807) is 0 Å². The van der Waals surface area contributed by atoms with E-state index in [4.69, 9.17) is 0 Å². The molecule has 0 aliphatic rings. The summed E-state index contributed by atoms with van der Waals surface area (Å²) in [6.45, 7) is 8.04. The molecule has 0 aliphatic heterocycles. The maximum absolute atomic E-state index is 4.02. The number of allylic oxidation sites excluding steroid dienone is 2. The van der Waals surface area contributed by atoms with Crippen LogP contribution in [0.1, 0.15) is 0 Å². The average Bonchev–Trinajstić information content (AvgIpc) is 2.50. The summed E-state index contributed by atoms with van der Waals surface area (Å²) in [4.78, 5) is 0. The summed E-state index contributed by atoms with van der Waals surface area (Å²) in [5, 5.41) is 2.84. The molecule has 0 fully saturated rings. The van der Waals surface area contributed by atoms with Crippen LogP contribution in [0.5, 0.6) is 0 Å². The summed E-state index contributed by atoms with van der Waals surface area (Å²) >= 11 is 2.73. The second kappa shape index (κ2) is 6.24. The van der Waals surface area contributed by atoms with Crippen LogP contribution in [0.3, 0.4) is 0 Å². The fourth-order valence-electron chi connectivity index (χ4n) is 2.72. The second-order valence-electron chi connectivity index (χ2n) is 4.99. The molecule has 2 heteroatoms. The Morgan fingerprint density at radius 3 is 1.40 bits per heavy atom. The molecular weight excluding hydrogens is 374 g/mol. The third-order valence-electron chi connectivity index (χ3n) is 3.72. The molecule has 0 aromatic heterocycles. The van der Waals surface area contributed by atoms with Crippen molar-refractivity contribution in [1.29, 1.82) is 0 Å². The minimum absolute atomic E-state index is 0.992. The molecule has 0 saturated heterocycles. The van der Waals surface area contributed by atoms with Crippen molar-refractivity contribution < 1.29 is 0 Å². The molecule has 104 valence electrons. The van der Waals surface area contributed by atoms with E-state index in [9.17, 15) is 0 Å². The van der Waals surface area contributed by atoms with E-state index in [1.165, 1.54) is 10.6 Å². The van der Waals surface area contributed by atoms with Crippen molar-refractivity contribution in [2.75, 3.05) is 12.3 Å². The van der Waals surface area contributed by atoms with Gasteiger partial charge in [-0.15, -0.1) is 0 Å². The molecule has 0 unspecified atom stereocenters. The first-order valence-corrected chi connectivity index (χ1v) is 12.1.